The van der Waals surface area contributed by atoms with E-state index in [9.17, 15) is 4.79 Å². The summed E-state index contributed by atoms with van der Waals surface area (Å²) in [6.07, 6.45) is 0. The second kappa shape index (κ2) is 8.10. The number of rotatable bonds is 5. The largest absolute Gasteiger partial charge is 0.410 e. The van der Waals surface area contributed by atoms with Crippen LogP contribution in [0.5, 0.6) is 0 Å². The second-order valence-electron chi connectivity index (χ2n) is 6.51. The van der Waals surface area contributed by atoms with Crippen LogP contribution in [0.1, 0.15) is 0 Å². The molecule has 0 aliphatic heterocycles. The van der Waals surface area contributed by atoms with Crippen molar-refractivity contribution in [1.82, 2.24) is 10.2 Å². The first-order valence-corrected chi connectivity index (χ1v) is 11.3. The number of fused-ring (bicyclic) bond motifs is 2. The van der Waals surface area contributed by atoms with Crippen molar-refractivity contribution in [3.63, 3.8) is 0 Å². The number of thiophene rings is 1. The first-order chi connectivity index (χ1) is 14.7. The van der Waals surface area contributed by atoms with Crippen LogP contribution in [0.3, 0.4) is 0 Å². The molecular formula is C22H14ClN3O2S2. The summed E-state index contributed by atoms with van der Waals surface area (Å²) in [5.74, 6) is 0.378. The van der Waals surface area contributed by atoms with Crippen LogP contribution in [-0.2, 0) is 4.79 Å². The number of hydrogen-bond acceptors (Lipinski definition) is 6. The predicted octanol–water partition coefficient (Wildman–Crippen LogP) is 6.49. The lowest BCUT2D eigenvalue weighted by molar-refractivity contribution is -0.113. The molecule has 0 aliphatic rings. The number of nitrogens with zero attached hydrogens (tertiary/aromatic N) is 2. The van der Waals surface area contributed by atoms with Crippen LogP contribution in [0.25, 0.3) is 31.6 Å². The third kappa shape index (κ3) is 3.79. The summed E-state index contributed by atoms with van der Waals surface area (Å²) in [5, 5.41) is 15.1. The molecule has 8 heteroatoms. The molecule has 0 spiro atoms. The fraction of sp³-hybridized carbons (Fsp3) is 0.0455. The zero-order chi connectivity index (χ0) is 20.5. The Balaban J connectivity index is 1.26. The van der Waals surface area contributed by atoms with Crippen LogP contribution in [0.4, 0.5) is 5.69 Å². The zero-order valence-electron chi connectivity index (χ0n) is 15.5. The molecule has 0 fully saturated rings. The summed E-state index contributed by atoms with van der Waals surface area (Å²) >= 11 is 9.16. The third-order valence-electron chi connectivity index (χ3n) is 4.50. The Labute approximate surface area is 185 Å². The predicted molar refractivity (Wildman–Crippen MR) is 123 cm³/mol. The number of carbonyl (C=O) groups is 1. The molecule has 5 aromatic rings. The normalized spacial score (nSPS) is 11.2. The Bertz CT molecular complexity index is 1380. The lowest BCUT2D eigenvalue weighted by Crippen LogP contribution is -2.13. The van der Waals surface area contributed by atoms with Crippen molar-refractivity contribution < 1.29 is 9.21 Å². The van der Waals surface area contributed by atoms with Gasteiger partial charge in [-0.05, 0) is 29.0 Å². The van der Waals surface area contributed by atoms with E-state index in [1.165, 1.54) is 23.1 Å². The minimum atomic E-state index is -0.144. The van der Waals surface area contributed by atoms with Gasteiger partial charge in [0, 0.05) is 15.8 Å². The number of benzene rings is 3. The number of nitrogens with one attached hydrogen (secondary N) is 1. The molecule has 1 N–H and O–H groups in total. The molecule has 2 heterocycles. The van der Waals surface area contributed by atoms with Crippen LogP contribution >= 0.6 is 34.7 Å². The first-order valence-electron chi connectivity index (χ1n) is 9.10. The third-order valence-corrected chi connectivity index (χ3v) is 6.98. The molecule has 0 saturated carbocycles. The van der Waals surface area contributed by atoms with Gasteiger partial charge in [-0.15, -0.1) is 21.5 Å². The quantitative estimate of drug-likeness (QED) is 0.309. The van der Waals surface area contributed by atoms with Crippen LogP contribution in [0.15, 0.2) is 76.4 Å². The highest BCUT2D eigenvalue weighted by Gasteiger charge is 2.18. The molecule has 30 heavy (non-hydrogen) atoms. The number of hydrogen-bond donors (Lipinski definition) is 1. The van der Waals surface area contributed by atoms with Gasteiger partial charge in [-0.3, -0.25) is 4.79 Å². The summed E-state index contributed by atoms with van der Waals surface area (Å²) in [5.41, 5.74) is 0.752. The number of carbonyl (C=O) groups excluding carboxylic acids is 1. The van der Waals surface area contributed by atoms with E-state index < -0.39 is 0 Å². The molecule has 148 valence electrons. The maximum atomic E-state index is 12.3. The van der Waals surface area contributed by atoms with E-state index in [4.69, 9.17) is 16.0 Å². The maximum Gasteiger partial charge on any atom is 0.277 e. The molecule has 5 nitrogen and oxygen atoms in total. The fourth-order valence-corrected chi connectivity index (χ4v) is 5.10. The number of thioether (sulfide) groups is 1. The Kier molecular flexibility index (Phi) is 5.16. The van der Waals surface area contributed by atoms with E-state index in [1.54, 1.807) is 0 Å². The monoisotopic (exact) mass is 451 g/mol. The molecule has 0 atom stereocenters. The summed E-state index contributed by atoms with van der Waals surface area (Å²) in [6, 6.07) is 21.7. The van der Waals surface area contributed by atoms with E-state index >= 15 is 0 Å². The molecule has 3 aromatic carbocycles. The summed E-state index contributed by atoms with van der Waals surface area (Å²) in [4.78, 5) is 13.1. The highest BCUT2D eigenvalue weighted by Crippen LogP contribution is 2.41. The van der Waals surface area contributed by atoms with Gasteiger partial charge in [0.25, 0.3) is 11.1 Å². The van der Waals surface area contributed by atoms with Gasteiger partial charge in [-0.25, -0.2) is 0 Å². The smallest absolute Gasteiger partial charge is 0.277 e. The minimum absolute atomic E-state index is 0.144. The Morgan fingerprint density at radius 3 is 2.70 bits per heavy atom. The number of anilines is 1. The second-order valence-corrected chi connectivity index (χ2v) is 8.87. The van der Waals surface area contributed by atoms with Crippen molar-refractivity contribution in [3.8, 4) is 10.8 Å². The molecule has 0 aliphatic carbocycles. The van der Waals surface area contributed by atoms with Crippen molar-refractivity contribution >= 4 is 67.2 Å². The van der Waals surface area contributed by atoms with Gasteiger partial charge in [0.05, 0.1) is 10.8 Å². The molecule has 0 bridgehead atoms. The average Bonchev–Trinajstić information content (AvgIpc) is 3.37. The lowest BCUT2D eigenvalue weighted by atomic mass is 10.1. The van der Waals surface area contributed by atoms with Gasteiger partial charge >= 0.3 is 0 Å². The topological polar surface area (TPSA) is 68.0 Å². The molecule has 5 rings (SSSR count). The minimum Gasteiger partial charge on any atom is -0.410 e. The van der Waals surface area contributed by atoms with Crippen LogP contribution in [0, 0.1) is 0 Å². The molecule has 0 saturated heterocycles. The van der Waals surface area contributed by atoms with E-state index in [1.807, 2.05) is 66.7 Å². The maximum absolute atomic E-state index is 12.3. The van der Waals surface area contributed by atoms with Gasteiger partial charge in [0.15, 0.2) is 0 Å². The van der Waals surface area contributed by atoms with Crippen LogP contribution < -0.4 is 5.32 Å². The van der Waals surface area contributed by atoms with Crippen molar-refractivity contribution in [2.24, 2.45) is 0 Å². The van der Waals surface area contributed by atoms with E-state index in [2.05, 4.69) is 15.5 Å². The number of aromatic nitrogens is 2. The summed E-state index contributed by atoms with van der Waals surface area (Å²) < 4.78 is 6.78. The SMILES string of the molecule is O=C(CSc1nnc(-c2sc3ccccc3c2Cl)o1)Nc1ccc2ccccc2c1. The van der Waals surface area contributed by atoms with Crippen molar-refractivity contribution in [1.29, 1.82) is 0 Å². The van der Waals surface area contributed by atoms with Crippen LogP contribution in [-0.4, -0.2) is 21.9 Å². The highest BCUT2D eigenvalue weighted by molar-refractivity contribution is 7.99. The summed E-state index contributed by atoms with van der Waals surface area (Å²) in [7, 11) is 0. The van der Waals surface area contributed by atoms with Gasteiger partial charge in [0.2, 0.25) is 5.91 Å². The number of halogens is 1. The van der Waals surface area contributed by atoms with Gasteiger partial charge in [0.1, 0.15) is 4.88 Å². The lowest BCUT2D eigenvalue weighted by Gasteiger charge is -2.05. The Hall–Kier alpha value is -2.87. The molecule has 1 amide bonds. The number of amides is 1. The van der Waals surface area contributed by atoms with Gasteiger partial charge < -0.3 is 9.73 Å². The van der Waals surface area contributed by atoms with E-state index in [0.717, 1.165) is 31.4 Å². The average molecular weight is 452 g/mol. The molecular weight excluding hydrogens is 438 g/mol. The van der Waals surface area contributed by atoms with Crippen molar-refractivity contribution in [2.45, 2.75) is 5.22 Å². The Morgan fingerprint density at radius 1 is 1.03 bits per heavy atom. The zero-order valence-corrected chi connectivity index (χ0v) is 17.9. The van der Waals surface area contributed by atoms with Gasteiger partial charge in [-0.2, -0.15) is 0 Å². The van der Waals surface area contributed by atoms with Crippen molar-refractivity contribution in [3.05, 3.63) is 71.8 Å². The van der Waals surface area contributed by atoms with Crippen molar-refractivity contribution in [2.75, 3.05) is 11.1 Å². The van der Waals surface area contributed by atoms with Gasteiger partial charge in [-0.1, -0.05) is 71.9 Å². The first kappa shape index (κ1) is 19.1. The molecule has 2 aromatic heterocycles. The van der Waals surface area contributed by atoms with E-state index in [0.29, 0.717) is 16.1 Å². The standard InChI is InChI=1S/C22H14ClN3O2S2/c23-19-16-7-3-4-8-17(16)30-20(19)21-25-26-22(28-21)29-12-18(27)24-15-10-9-13-5-1-2-6-14(13)11-15/h1-11H,12H2,(H,24,27). The van der Waals surface area contributed by atoms with Crippen LogP contribution in [0.2, 0.25) is 5.02 Å². The molecule has 0 unspecified atom stereocenters. The fourth-order valence-electron chi connectivity index (χ4n) is 3.10. The summed E-state index contributed by atoms with van der Waals surface area (Å²) in [6.45, 7) is 0. The van der Waals surface area contributed by atoms with E-state index in [-0.39, 0.29) is 11.7 Å². The molecule has 0 radical (unpaired) electrons. The highest BCUT2D eigenvalue weighted by atomic mass is 35.5. The Morgan fingerprint density at radius 2 is 1.83 bits per heavy atom.